The van der Waals surface area contributed by atoms with Gasteiger partial charge in [0.05, 0.1) is 30.1 Å². The van der Waals surface area contributed by atoms with Crippen molar-refractivity contribution in [3.63, 3.8) is 0 Å². The van der Waals surface area contributed by atoms with Gasteiger partial charge in [-0.15, -0.1) is 0 Å². The zero-order valence-corrected chi connectivity index (χ0v) is 33.8. The minimum atomic E-state index is -0.405. The maximum atomic E-state index is 12.5. The number of anilines is 3. The molecule has 4 aliphatic rings. The Kier molecular flexibility index (Phi) is 12.2. The van der Waals surface area contributed by atoms with E-state index in [0.717, 1.165) is 29.2 Å². The average molecular weight is 802 g/mol. The smallest absolute Gasteiger partial charge is 0.328 e. The summed E-state index contributed by atoms with van der Waals surface area (Å²) in [7, 11) is 1.45. The number of likely N-dealkylation sites (tertiary alicyclic amines) is 2. The number of piperidine rings is 2. The molecule has 5 N–H and O–H groups in total. The van der Waals surface area contributed by atoms with E-state index < -0.39 is 5.91 Å². The maximum absolute atomic E-state index is 12.5. The van der Waals surface area contributed by atoms with Crippen molar-refractivity contribution in [2.45, 2.75) is 76.3 Å². The predicted octanol–water partition coefficient (Wildman–Crippen LogP) is 6.34. The van der Waals surface area contributed by atoms with E-state index in [0.29, 0.717) is 47.5 Å². The van der Waals surface area contributed by atoms with E-state index >= 15 is 0 Å². The summed E-state index contributed by atoms with van der Waals surface area (Å²) in [5, 5.41) is 17.8. The lowest BCUT2D eigenvalue weighted by atomic mass is 9.88. The summed E-state index contributed by atoms with van der Waals surface area (Å²) in [6, 6.07) is 15.8. The van der Waals surface area contributed by atoms with Crippen LogP contribution in [0.15, 0.2) is 67.1 Å². The number of imide groups is 1. The molecule has 59 heavy (non-hydrogen) atoms. The highest BCUT2D eigenvalue weighted by atomic mass is 16.5. The minimum Gasteiger partial charge on any atom is -0.496 e. The average Bonchev–Trinajstić information content (AvgIpc) is 3.89. The SMILES string of the molecule is COc1cc(N)c(C=N)cc1C(=O)Nc1cnc2cccnn12.O=C1CCN(c2cccc3c2ccn3C2CCN(C3CCN(CC4CCCCC4)CC3)CC2)C(=O)N1. The Balaban J connectivity index is 0.000000182. The summed E-state index contributed by atoms with van der Waals surface area (Å²) in [4.78, 5) is 48.0. The predicted molar refractivity (Wildman–Crippen MR) is 230 cm³/mol. The summed E-state index contributed by atoms with van der Waals surface area (Å²) >= 11 is 0. The molecule has 0 bridgehead atoms. The number of fused-ring (bicyclic) bond motifs is 2. The van der Waals surface area contributed by atoms with Crippen LogP contribution in [0.2, 0.25) is 0 Å². The number of urea groups is 1. The van der Waals surface area contributed by atoms with Crippen molar-refractivity contribution in [1.29, 1.82) is 5.41 Å². The molecule has 15 nitrogen and oxygen atoms in total. The molecule has 0 radical (unpaired) electrons. The second kappa shape index (κ2) is 18.0. The molecule has 0 unspecified atom stereocenters. The first kappa shape index (κ1) is 40.0. The Morgan fingerprint density at radius 3 is 2.49 bits per heavy atom. The van der Waals surface area contributed by atoms with Gasteiger partial charge in [0.2, 0.25) is 5.91 Å². The number of imidazole rings is 1. The van der Waals surface area contributed by atoms with E-state index in [4.69, 9.17) is 15.9 Å². The van der Waals surface area contributed by atoms with Crippen LogP contribution in [0, 0.1) is 11.3 Å². The number of carbonyl (C=O) groups excluding carboxylic acids is 3. The van der Waals surface area contributed by atoms with Crippen LogP contribution in [-0.4, -0.2) is 105 Å². The van der Waals surface area contributed by atoms with Crippen LogP contribution >= 0.6 is 0 Å². The van der Waals surface area contributed by atoms with Crippen molar-refractivity contribution in [2.75, 3.05) is 62.3 Å². The number of nitrogens with zero attached hydrogens (tertiary/aromatic N) is 7. The molecule has 6 heterocycles. The van der Waals surface area contributed by atoms with E-state index in [1.807, 2.05) is 12.1 Å². The molecule has 15 heteroatoms. The highest BCUT2D eigenvalue weighted by molar-refractivity contribution is 6.10. The Bertz CT molecular complexity index is 2300. The molecule has 4 fully saturated rings. The molecule has 0 atom stereocenters. The van der Waals surface area contributed by atoms with Crippen molar-refractivity contribution < 1.29 is 19.1 Å². The number of hydrogen-bond donors (Lipinski definition) is 4. The van der Waals surface area contributed by atoms with Crippen molar-refractivity contribution in [2.24, 2.45) is 5.92 Å². The molecule has 1 aliphatic carbocycles. The van der Waals surface area contributed by atoms with Crippen molar-refractivity contribution in [3.8, 4) is 5.75 Å². The number of aromatic nitrogens is 4. The van der Waals surface area contributed by atoms with Crippen LogP contribution in [0.25, 0.3) is 16.6 Å². The lowest BCUT2D eigenvalue weighted by Gasteiger charge is -2.43. The second-order valence-electron chi connectivity index (χ2n) is 16.2. The van der Waals surface area contributed by atoms with Gasteiger partial charge < -0.3 is 35.6 Å². The monoisotopic (exact) mass is 801 g/mol. The van der Waals surface area contributed by atoms with Crippen LogP contribution < -0.4 is 26.0 Å². The van der Waals surface area contributed by atoms with Crippen LogP contribution in [0.5, 0.6) is 5.75 Å². The fourth-order valence-corrected chi connectivity index (χ4v) is 9.43. The zero-order valence-electron chi connectivity index (χ0n) is 33.8. The molecule has 1 saturated carbocycles. The number of nitrogens with one attached hydrogen (secondary N) is 3. The Labute approximate surface area is 344 Å². The summed E-state index contributed by atoms with van der Waals surface area (Å²) in [6.45, 7) is 6.69. The van der Waals surface area contributed by atoms with Gasteiger partial charge in [0, 0.05) is 86.0 Å². The van der Waals surface area contributed by atoms with E-state index in [-0.39, 0.29) is 17.5 Å². The number of nitrogen functional groups attached to an aromatic ring is 1. The van der Waals surface area contributed by atoms with Gasteiger partial charge in [-0.2, -0.15) is 9.61 Å². The summed E-state index contributed by atoms with van der Waals surface area (Å²) in [5.74, 6) is 1.11. The van der Waals surface area contributed by atoms with Gasteiger partial charge >= 0.3 is 6.03 Å². The number of ether oxygens (including phenoxy) is 1. The molecule has 3 aliphatic heterocycles. The molecule has 310 valence electrons. The van der Waals surface area contributed by atoms with Crippen LogP contribution in [0.3, 0.4) is 0 Å². The normalized spacial score (nSPS) is 19.0. The number of hydrogen-bond acceptors (Lipinski definition) is 10. The van der Waals surface area contributed by atoms with Gasteiger partial charge in [-0.1, -0.05) is 25.3 Å². The topological polar surface area (TPSA) is 179 Å². The van der Waals surface area contributed by atoms with Gasteiger partial charge in [-0.05, 0) is 93.9 Å². The van der Waals surface area contributed by atoms with Crippen molar-refractivity contribution in [3.05, 3.63) is 78.2 Å². The number of benzene rings is 2. The zero-order chi connectivity index (χ0) is 40.9. The Morgan fingerprint density at radius 1 is 0.966 bits per heavy atom. The van der Waals surface area contributed by atoms with Gasteiger partial charge in [0.25, 0.3) is 5.91 Å². The summed E-state index contributed by atoms with van der Waals surface area (Å²) in [5.41, 5.74) is 9.57. The second-order valence-corrected chi connectivity index (χ2v) is 16.2. The van der Waals surface area contributed by atoms with Crippen LogP contribution in [0.4, 0.5) is 22.0 Å². The lowest BCUT2D eigenvalue weighted by Crippen LogP contribution is -2.49. The third-order valence-electron chi connectivity index (χ3n) is 12.6. The van der Waals surface area contributed by atoms with Crippen LogP contribution in [0.1, 0.15) is 86.2 Å². The largest absolute Gasteiger partial charge is 0.496 e. The molecule has 3 aromatic heterocycles. The van der Waals surface area contributed by atoms with Gasteiger partial charge in [0.15, 0.2) is 11.5 Å². The molecular formula is C44H55N11O4. The fourth-order valence-electron chi connectivity index (χ4n) is 9.43. The first-order valence-corrected chi connectivity index (χ1v) is 21.0. The van der Waals surface area contributed by atoms with Gasteiger partial charge in [-0.3, -0.25) is 19.8 Å². The molecule has 9 rings (SSSR count). The van der Waals surface area contributed by atoms with E-state index in [1.165, 1.54) is 126 Å². The summed E-state index contributed by atoms with van der Waals surface area (Å²) < 4.78 is 9.14. The highest BCUT2D eigenvalue weighted by Crippen LogP contribution is 2.35. The van der Waals surface area contributed by atoms with Gasteiger partial charge in [0.1, 0.15) is 5.75 Å². The van der Waals surface area contributed by atoms with E-state index in [1.54, 1.807) is 23.2 Å². The number of nitrogens with two attached hydrogens (primary N) is 1. The standard InChI is InChI=1S/C29H41N5O2.C15H14N6O2/c35-28-14-20-34(29(36)30-28)27-8-4-7-26-25(27)13-19-33(26)24-11-17-32(18-12-24)23-9-15-31(16-10-23)21-22-5-2-1-3-6-22;1-23-12-6-11(17)9(7-16)5-10(12)15(22)20-14-8-18-13-3-2-4-19-21(13)14/h4,7-8,13,19,22-24H,1-3,5-6,9-12,14-18,20-21H2,(H,30,35,36);2-8,16H,17H2,1H3,(H,20,22). The van der Waals surface area contributed by atoms with Crippen LogP contribution in [-0.2, 0) is 4.79 Å². The number of rotatable bonds is 9. The number of carbonyl (C=O) groups is 3. The highest BCUT2D eigenvalue weighted by Gasteiger charge is 2.31. The van der Waals surface area contributed by atoms with Gasteiger partial charge in [-0.25, -0.2) is 9.78 Å². The summed E-state index contributed by atoms with van der Waals surface area (Å²) in [6.07, 6.45) is 19.0. The molecule has 4 amide bonds. The maximum Gasteiger partial charge on any atom is 0.328 e. The Hall–Kier alpha value is -5.80. The fraction of sp³-hybridized carbons (Fsp3) is 0.455. The molecule has 3 saturated heterocycles. The Morgan fingerprint density at radius 2 is 1.75 bits per heavy atom. The number of amides is 4. The third kappa shape index (κ3) is 8.81. The van der Waals surface area contributed by atoms with Crippen molar-refractivity contribution in [1.82, 2.24) is 34.3 Å². The first-order valence-electron chi connectivity index (χ1n) is 21.0. The molecule has 2 aromatic carbocycles. The number of methoxy groups -OCH3 is 1. The molecular weight excluding hydrogens is 747 g/mol. The third-order valence-corrected chi connectivity index (χ3v) is 12.6. The minimum absolute atomic E-state index is 0.192. The van der Waals surface area contributed by atoms with E-state index in [9.17, 15) is 14.4 Å². The van der Waals surface area contributed by atoms with Crippen molar-refractivity contribution >= 4 is 57.8 Å². The van der Waals surface area contributed by atoms with E-state index in [2.05, 4.69) is 53.4 Å². The first-order chi connectivity index (χ1) is 28.8. The lowest BCUT2D eigenvalue weighted by molar-refractivity contribution is -0.120. The molecule has 0 spiro atoms. The molecule has 5 aromatic rings. The quantitative estimate of drug-likeness (QED) is 0.0978.